The second-order valence-electron chi connectivity index (χ2n) is 18.9. The van der Waals surface area contributed by atoms with Gasteiger partial charge in [0.25, 0.3) is 0 Å². The molecule has 71 heavy (non-hydrogen) atoms. The molecule has 0 fully saturated rings. The number of aromatic nitrogens is 7. The first kappa shape index (κ1) is 40.7. The van der Waals surface area contributed by atoms with Crippen molar-refractivity contribution >= 4 is 43.6 Å². The minimum atomic E-state index is -0.167. The molecule has 0 saturated heterocycles. The van der Waals surface area contributed by atoms with E-state index in [1.807, 2.05) is 54.6 Å². The van der Waals surface area contributed by atoms with Gasteiger partial charge in [-0.1, -0.05) is 202 Å². The normalized spacial score (nSPS) is 12.8. The van der Waals surface area contributed by atoms with Crippen LogP contribution < -0.4 is 0 Å². The van der Waals surface area contributed by atoms with Crippen LogP contribution in [0.25, 0.3) is 123 Å². The maximum atomic E-state index is 5.49. The topological polar surface area (TPSA) is 74.3 Å². The maximum absolute atomic E-state index is 5.49. The number of fused-ring (bicyclic) bond motifs is 10. The van der Waals surface area contributed by atoms with E-state index in [0.29, 0.717) is 23.4 Å². The first-order valence-electron chi connectivity index (χ1n) is 24.1. The molecule has 0 N–H and O–H groups in total. The zero-order valence-electron chi connectivity index (χ0n) is 39.0. The van der Waals surface area contributed by atoms with Crippen molar-refractivity contribution in [1.29, 1.82) is 0 Å². The van der Waals surface area contributed by atoms with Gasteiger partial charge in [0.1, 0.15) is 0 Å². The molecule has 0 spiro atoms. The van der Waals surface area contributed by atoms with E-state index < -0.39 is 0 Å². The summed E-state index contributed by atoms with van der Waals surface area (Å²) in [4.78, 5) is 26.4. The van der Waals surface area contributed by atoms with Crippen LogP contribution >= 0.6 is 0 Å². The lowest BCUT2D eigenvalue weighted by molar-refractivity contribution is 0.660. The fourth-order valence-electron chi connectivity index (χ4n) is 11.0. The van der Waals surface area contributed by atoms with E-state index in [2.05, 4.69) is 193 Å². The third kappa shape index (κ3) is 6.47. The van der Waals surface area contributed by atoms with Crippen LogP contribution in [0.15, 0.2) is 224 Å². The maximum Gasteiger partial charge on any atom is 0.238 e. The van der Waals surface area contributed by atoms with E-state index in [4.69, 9.17) is 24.9 Å². The quantitative estimate of drug-likeness (QED) is 0.159. The molecule has 334 valence electrons. The molecule has 0 atom stereocenters. The van der Waals surface area contributed by atoms with Gasteiger partial charge in [-0.05, 0) is 58.7 Å². The van der Waals surface area contributed by atoms with Crippen molar-refractivity contribution in [3.8, 4) is 79.4 Å². The van der Waals surface area contributed by atoms with Crippen molar-refractivity contribution in [1.82, 2.24) is 34.1 Å². The fraction of sp³-hybridized carbons (Fsp3) is 0.0469. The molecule has 0 bridgehead atoms. The van der Waals surface area contributed by atoms with Crippen LogP contribution in [0.5, 0.6) is 0 Å². The number of hydrogen-bond donors (Lipinski definition) is 0. The Morgan fingerprint density at radius 1 is 0.324 bits per heavy atom. The van der Waals surface area contributed by atoms with Crippen LogP contribution in [0, 0.1) is 0 Å². The van der Waals surface area contributed by atoms with Crippen LogP contribution in [0.2, 0.25) is 0 Å². The zero-order valence-corrected chi connectivity index (χ0v) is 39.0. The van der Waals surface area contributed by atoms with Crippen LogP contribution in [-0.2, 0) is 5.41 Å². The molecule has 0 aliphatic heterocycles. The summed E-state index contributed by atoms with van der Waals surface area (Å²) < 4.78 is 4.72. The predicted octanol–water partition coefficient (Wildman–Crippen LogP) is 15.5. The van der Waals surface area contributed by atoms with E-state index in [0.717, 1.165) is 83.1 Å². The summed E-state index contributed by atoms with van der Waals surface area (Å²) in [5.41, 5.74) is 16.7. The van der Waals surface area contributed by atoms with Gasteiger partial charge in [-0.3, -0.25) is 4.57 Å². The van der Waals surface area contributed by atoms with Crippen molar-refractivity contribution < 1.29 is 0 Å². The molecule has 7 heteroatoms. The van der Waals surface area contributed by atoms with Crippen LogP contribution in [0.4, 0.5) is 0 Å². The molecule has 14 rings (SSSR count). The monoisotopic (exact) mass is 909 g/mol. The molecule has 9 aromatic carbocycles. The molecule has 0 radical (unpaired) electrons. The Morgan fingerprint density at radius 2 is 0.817 bits per heavy atom. The van der Waals surface area contributed by atoms with Gasteiger partial charge in [0.15, 0.2) is 17.5 Å². The van der Waals surface area contributed by atoms with E-state index in [1.54, 1.807) is 0 Å². The molecule has 0 amide bonds. The summed E-state index contributed by atoms with van der Waals surface area (Å²) in [6.45, 7) is 4.69. The van der Waals surface area contributed by atoms with Crippen molar-refractivity contribution in [2.75, 3.05) is 0 Å². The number of benzene rings is 9. The van der Waals surface area contributed by atoms with Crippen LogP contribution in [0.3, 0.4) is 0 Å². The van der Waals surface area contributed by atoms with Gasteiger partial charge >= 0.3 is 0 Å². The van der Waals surface area contributed by atoms with Gasteiger partial charge in [0.2, 0.25) is 5.95 Å². The average molecular weight is 910 g/mol. The minimum absolute atomic E-state index is 0.167. The molecule has 4 aromatic heterocycles. The van der Waals surface area contributed by atoms with Gasteiger partial charge in [-0.2, -0.15) is 9.97 Å². The van der Waals surface area contributed by atoms with Gasteiger partial charge in [0, 0.05) is 60.5 Å². The Labute approximate surface area is 410 Å². The summed E-state index contributed by atoms with van der Waals surface area (Å²) in [5, 5.41) is 4.56. The molecular formula is C64H43N7. The molecule has 7 nitrogen and oxygen atoms in total. The van der Waals surface area contributed by atoms with Gasteiger partial charge in [0.05, 0.1) is 33.5 Å². The molecule has 0 unspecified atom stereocenters. The summed E-state index contributed by atoms with van der Waals surface area (Å²) in [6, 6.07) is 78.8. The van der Waals surface area contributed by atoms with Gasteiger partial charge < -0.3 is 4.57 Å². The standard InChI is InChI=1S/C64H43N7/c1-64(2)52-30-15-12-27-46(52)47-34-33-45(38-53(47)64)70-56-31-16-13-28-48(56)50-35-36-51-49-29-14-17-32-57(49)71(59(51)58(50)70)63-68-61(42-23-10-5-11-24-42)67-62(69-63)44-26-18-25-43(37-44)55-39-54(40-19-6-3-7-20-40)65-60(66-55)41-21-8-4-9-22-41/h3-39H,1-2H3. The van der Waals surface area contributed by atoms with Crippen LogP contribution in [-0.4, -0.2) is 34.1 Å². The van der Waals surface area contributed by atoms with Crippen LogP contribution in [0.1, 0.15) is 25.0 Å². The van der Waals surface area contributed by atoms with E-state index in [9.17, 15) is 0 Å². The lowest BCUT2D eigenvalue weighted by Crippen LogP contribution is -2.15. The predicted molar refractivity (Wildman–Crippen MR) is 289 cm³/mol. The molecule has 1 aliphatic carbocycles. The Hall–Kier alpha value is -9.33. The van der Waals surface area contributed by atoms with Crippen molar-refractivity contribution in [2.45, 2.75) is 19.3 Å². The SMILES string of the molecule is CC1(C)c2ccccc2-c2ccc(-n3c4ccccc4c4ccc5c6ccccc6n(-c6nc(-c7ccccc7)nc(-c7cccc(-c8cc(-c9ccccc9)nc(-c9ccccc9)n8)c7)n6)c5c43)cc21. The Kier molecular flexibility index (Phi) is 9.10. The summed E-state index contributed by atoms with van der Waals surface area (Å²) >= 11 is 0. The second kappa shape index (κ2) is 15.9. The van der Waals surface area contributed by atoms with Crippen molar-refractivity contribution in [3.05, 3.63) is 236 Å². The highest BCUT2D eigenvalue weighted by molar-refractivity contribution is 6.23. The first-order chi connectivity index (χ1) is 35.0. The van der Waals surface area contributed by atoms with Gasteiger partial charge in [-0.15, -0.1) is 0 Å². The lowest BCUT2D eigenvalue weighted by Gasteiger charge is -2.22. The summed E-state index contributed by atoms with van der Waals surface area (Å²) in [6.07, 6.45) is 0. The van der Waals surface area contributed by atoms with Crippen molar-refractivity contribution in [2.24, 2.45) is 0 Å². The van der Waals surface area contributed by atoms with E-state index in [1.165, 1.54) is 27.6 Å². The number of para-hydroxylation sites is 2. The number of rotatable bonds is 7. The minimum Gasteiger partial charge on any atom is -0.307 e. The Bertz CT molecular complexity index is 4190. The largest absolute Gasteiger partial charge is 0.307 e. The third-order valence-corrected chi connectivity index (χ3v) is 14.4. The Balaban J connectivity index is 1.01. The van der Waals surface area contributed by atoms with E-state index >= 15 is 0 Å². The highest BCUT2D eigenvalue weighted by atomic mass is 15.2. The smallest absolute Gasteiger partial charge is 0.238 e. The molecule has 1 aliphatic rings. The fourth-order valence-corrected chi connectivity index (χ4v) is 11.0. The summed E-state index contributed by atoms with van der Waals surface area (Å²) in [5.74, 6) is 2.32. The second-order valence-corrected chi connectivity index (χ2v) is 18.9. The first-order valence-corrected chi connectivity index (χ1v) is 24.1. The highest BCUT2D eigenvalue weighted by Gasteiger charge is 2.36. The number of hydrogen-bond acceptors (Lipinski definition) is 5. The summed E-state index contributed by atoms with van der Waals surface area (Å²) in [7, 11) is 0. The number of nitrogens with zero attached hydrogens (tertiary/aromatic N) is 7. The average Bonchev–Trinajstić information content (AvgIpc) is 4.04. The highest BCUT2D eigenvalue weighted by Crippen LogP contribution is 2.50. The Morgan fingerprint density at radius 3 is 1.49 bits per heavy atom. The lowest BCUT2D eigenvalue weighted by atomic mass is 9.82. The molecule has 4 heterocycles. The van der Waals surface area contributed by atoms with E-state index in [-0.39, 0.29) is 5.41 Å². The zero-order chi connectivity index (χ0) is 47.2. The third-order valence-electron chi connectivity index (χ3n) is 14.4. The van der Waals surface area contributed by atoms with Gasteiger partial charge in [-0.25, -0.2) is 15.0 Å². The molecule has 13 aromatic rings. The van der Waals surface area contributed by atoms with Crippen molar-refractivity contribution in [3.63, 3.8) is 0 Å². The molecule has 0 saturated carbocycles. The molecular weight excluding hydrogens is 867 g/mol.